The van der Waals surface area contributed by atoms with E-state index in [0.29, 0.717) is 55.3 Å². The zero-order valence-corrected chi connectivity index (χ0v) is 14.8. The van der Waals surface area contributed by atoms with Crippen LogP contribution < -0.4 is 0 Å². The molecule has 24 heavy (non-hydrogen) atoms. The molecule has 1 N–H and O–H groups in total. The van der Waals surface area contributed by atoms with Crippen LogP contribution in [0.5, 0.6) is 0 Å². The van der Waals surface area contributed by atoms with E-state index in [-0.39, 0.29) is 18.2 Å². The molecule has 1 saturated heterocycles. The summed E-state index contributed by atoms with van der Waals surface area (Å²) >= 11 is 0. The number of hydrogen-bond acceptors (Lipinski definition) is 5. The van der Waals surface area contributed by atoms with Crippen LogP contribution in [0.25, 0.3) is 0 Å². The van der Waals surface area contributed by atoms with Crippen molar-refractivity contribution in [2.45, 2.75) is 27.7 Å². The van der Waals surface area contributed by atoms with E-state index in [1.165, 1.54) is 0 Å². The first-order valence-corrected chi connectivity index (χ1v) is 8.22. The highest BCUT2D eigenvalue weighted by atomic mass is 16.5. The van der Waals surface area contributed by atoms with Gasteiger partial charge in [-0.05, 0) is 26.3 Å². The third kappa shape index (κ3) is 3.84. The number of H-pyrrole nitrogens is 1. The van der Waals surface area contributed by atoms with Crippen molar-refractivity contribution in [2.24, 2.45) is 0 Å². The van der Waals surface area contributed by atoms with Gasteiger partial charge in [0.2, 0.25) is 5.91 Å². The first-order chi connectivity index (χ1) is 11.3. The smallest absolute Gasteiger partial charge is 0.355 e. The Balaban J connectivity index is 2.05. The van der Waals surface area contributed by atoms with E-state index in [1.807, 2.05) is 4.90 Å². The van der Waals surface area contributed by atoms with Gasteiger partial charge in [-0.25, -0.2) is 4.79 Å². The highest BCUT2D eigenvalue weighted by Crippen LogP contribution is 2.20. The van der Waals surface area contributed by atoms with Crippen LogP contribution in [0.2, 0.25) is 0 Å². The molecule has 1 aliphatic heterocycles. The fourth-order valence-corrected chi connectivity index (χ4v) is 3.08. The maximum atomic E-state index is 12.7. The normalized spacial score (nSPS) is 15.4. The summed E-state index contributed by atoms with van der Waals surface area (Å²) in [6.07, 6.45) is 0. The molecular formula is C17H25N3O4. The highest BCUT2D eigenvalue weighted by molar-refractivity contribution is 6.03. The van der Waals surface area contributed by atoms with Gasteiger partial charge in [-0.15, -0.1) is 0 Å². The van der Waals surface area contributed by atoms with E-state index in [2.05, 4.69) is 4.98 Å². The fourth-order valence-electron chi connectivity index (χ4n) is 3.08. The number of nitrogens with zero attached hydrogens (tertiary/aromatic N) is 2. The standard InChI is InChI=1S/C17H25N3O4/c1-5-24-17(23)16-11(2)15(12(3)18-16)14(22)10-19-6-8-20(9-7-19)13(4)21/h18H,5-10H2,1-4H3. The monoisotopic (exact) mass is 335 g/mol. The Morgan fingerprint density at radius 1 is 1.12 bits per heavy atom. The molecule has 1 amide bonds. The van der Waals surface area contributed by atoms with Crippen molar-refractivity contribution in [3.8, 4) is 0 Å². The predicted molar refractivity (Wildman–Crippen MR) is 89.2 cm³/mol. The molecular weight excluding hydrogens is 310 g/mol. The summed E-state index contributed by atoms with van der Waals surface area (Å²) in [5.74, 6) is -0.391. The van der Waals surface area contributed by atoms with Crippen molar-refractivity contribution in [3.63, 3.8) is 0 Å². The van der Waals surface area contributed by atoms with E-state index in [4.69, 9.17) is 4.74 Å². The molecule has 132 valence electrons. The van der Waals surface area contributed by atoms with Gasteiger partial charge in [-0.3, -0.25) is 14.5 Å². The number of piperazine rings is 1. The molecule has 0 radical (unpaired) electrons. The molecule has 0 atom stereocenters. The van der Waals surface area contributed by atoms with E-state index in [0.717, 1.165) is 0 Å². The van der Waals surface area contributed by atoms with Gasteiger partial charge in [0, 0.05) is 44.4 Å². The first kappa shape index (κ1) is 18.2. The highest BCUT2D eigenvalue weighted by Gasteiger charge is 2.25. The van der Waals surface area contributed by atoms with Gasteiger partial charge in [0.1, 0.15) is 5.69 Å². The number of hydrogen-bond donors (Lipinski definition) is 1. The third-order valence-electron chi connectivity index (χ3n) is 4.38. The number of aromatic amines is 1. The maximum absolute atomic E-state index is 12.7. The molecule has 0 aromatic carbocycles. The van der Waals surface area contributed by atoms with Crippen molar-refractivity contribution in [1.82, 2.24) is 14.8 Å². The fraction of sp³-hybridized carbons (Fsp3) is 0.588. The summed E-state index contributed by atoms with van der Waals surface area (Å²) in [5.41, 5.74) is 2.23. The van der Waals surface area contributed by atoms with Gasteiger partial charge in [0.05, 0.1) is 13.2 Å². The van der Waals surface area contributed by atoms with Gasteiger partial charge in [-0.1, -0.05) is 0 Å². The number of aryl methyl sites for hydroxylation is 1. The van der Waals surface area contributed by atoms with Crippen LogP contribution in [-0.4, -0.2) is 71.8 Å². The number of carbonyl (C=O) groups is 3. The maximum Gasteiger partial charge on any atom is 0.355 e. The molecule has 1 aromatic rings. The number of ketones is 1. The van der Waals surface area contributed by atoms with Crippen LogP contribution in [0.3, 0.4) is 0 Å². The number of rotatable bonds is 5. The molecule has 0 spiro atoms. The van der Waals surface area contributed by atoms with Gasteiger partial charge >= 0.3 is 5.97 Å². The largest absolute Gasteiger partial charge is 0.461 e. The molecule has 0 aliphatic carbocycles. The molecule has 7 heteroatoms. The average Bonchev–Trinajstić information content (AvgIpc) is 2.83. The third-order valence-corrected chi connectivity index (χ3v) is 4.38. The Bertz CT molecular complexity index is 643. The topological polar surface area (TPSA) is 82.7 Å². The van der Waals surface area contributed by atoms with Crippen LogP contribution in [0.4, 0.5) is 0 Å². The number of carbonyl (C=O) groups excluding carboxylic acids is 3. The molecule has 2 heterocycles. The lowest BCUT2D eigenvalue weighted by Crippen LogP contribution is -2.49. The molecule has 1 aliphatic rings. The summed E-state index contributed by atoms with van der Waals surface area (Å²) in [5, 5.41) is 0. The van der Waals surface area contributed by atoms with Crippen molar-refractivity contribution < 1.29 is 19.1 Å². The van der Waals surface area contributed by atoms with E-state index >= 15 is 0 Å². The lowest BCUT2D eigenvalue weighted by atomic mass is 10.0. The van der Waals surface area contributed by atoms with Crippen molar-refractivity contribution in [3.05, 3.63) is 22.5 Å². The predicted octanol–water partition coefficient (Wildman–Crippen LogP) is 1.16. The molecule has 0 unspecified atom stereocenters. The SMILES string of the molecule is CCOC(=O)c1[nH]c(C)c(C(=O)CN2CCN(C(C)=O)CC2)c1C. The minimum Gasteiger partial charge on any atom is -0.461 e. The number of nitrogens with one attached hydrogen (secondary N) is 1. The second kappa shape index (κ2) is 7.61. The Labute approximate surface area is 141 Å². The Hall–Kier alpha value is -2.15. The van der Waals surface area contributed by atoms with Crippen LogP contribution in [0, 0.1) is 13.8 Å². The molecule has 7 nitrogen and oxygen atoms in total. The van der Waals surface area contributed by atoms with Gasteiger partial charge < -0.3 is 14.6 Å². The average molecular weight is 335 g/mol. The number of amides is 1. The zero-order chi connectivity index (χ0) is 17.9. The summed E-state index contributed by atoms with van der Waals surface area (Å²) in [4.78, 5) is 42.7. The Kier molecular flexibility index (Phi) is 5.77. The second-order valence-corrected chi connectivity index (χ2v) is 6.05. The van der Waals surface area contributed by atoms with E-state index in [9.17, 15) is 14.4 Å². The minimum absolute atomic E-state index is 0.0203. The van der Waals surface area contributed by atoms with Crippen LogP contribution in [-0.2, 0) is 9.53 Å². The van der Waals surface area contributed by atoms with Crippen molar-refractivity contribution in [2.75, 3.05) is 39.3 Å². The molecule has 0 saturated carbocycles. The lowest BCUT2D eigenvalue weighted by molar-refractivity contribution is -0.130. The molecule has 1 fully saturated rings. The van der Waals surface area contributed by atoms with Gasteiger partial charge in [-0.2, -0.15) is 0 Å². The molecule has 1 aromatic heterocycles. The quantitative estimate of drug-likeness (QED) is 0.645. The molecule has 2 rings (SSSR count). The van der Waals surface area contributed by atoms with Crippen LogP contribution in [0.15, 0.2) is 0 Å². The number of esters is 1. The summed E-state index contributed by atoms with van der Waals surface area (Å²) < 4.78 is 5.01. The minimum atomic E-state index is -0.438. The number of aromatic nitrogens is 1. The number of ether oxygens (including phenoxy) is 1. The van der Waals surface area contributed by atoms with Crippen molar-refractivity contribution in [1.29, 1.82) is 0 Å². The second-order valence-electron chi connectivity index (χ2n) is 6.05. The number of Topliss-reactive ketones (excluding diaryl/α,β-unsaturated/α-hetero) is 1. The summed E-state index contributed by atoms with van der Waals surface area (Å²) in [7, 11) is 0. The van der Waals surface area contributed by atoms with Crippen LogP contribution >= 0.6 is 0 Å². The Morgan fingerprint density at radius 2 is 1.75 bits per heavy atom. The van der Waals surface area contributed by atoms with Gasteiger partial charge in [0.25, 0.3) is 0 Å². The molecule has 0 bridgehead atoms. The summed E-state index contributed by atoms with van der Waals surface area (Å²) in [6.45, 7) is 10.1. The van der Waals surface area contributed by atoms with Crippen LogP contribution in [0.1, 0.15) is 46.0 Å². The van der Waals surface area contributed by atoms with E-state index in [1.54, 1.807) is 32.6 Å². The Morgan fingerprint density at radius 3 is 2.29 bits per heavy atom. The lowest BCUT2D eigenvalue weighted by Gasteiger charge is -2.33. The zero-order valence-electron chi connectivity index (χ0n) is 14.8. The van der Waals surface area contributed by atoms with Gasteiger partial charge in [0.15, 0.2) is 5.78 Å². The first-order valence-electron chi connectivity index (χ1n) is 8.22. The summed E-state index contributed by atoms with van der Waals surface area (Å²) in [6, 6.07) is 0. The van der Waals surface area contributed by atoms with Crippen molar-refractivity contribution >= 4 is 17.7 Å². The van der Waals surface area contributed by atoms with E-state index < -0.39 is 5.97 Å².